The second-order valence-corrected chi connectivity index (χ2v) is 6.53. The van der Waals surface area contributed by atoms with Crippen LogP contribution in [0.5, 0.6) is 0 Å². The lowest BCUT2D eigenvalue weighted by Gasteiger charge is -2.29. The lowest BCUT2D eigenvalue weighted by molar-refractivity contribution is -0.246. The molecule has 4 N–H and O–H groups in total. The van der Waals surface area contributed by atoms with Crippen LogP contribution in [0.4, 0.5) is 13.2 Å². The van der Waals surface area contributed by atoms with Gasteiger partial charge in [-0.05, 0) is 30.2 Å². The molecule has 152 valence electrons. The number of fused-ring (bicyclic) bond motifs is 3. The number of amides is 1. The van der Waals surface area contributed by atoms with Crippen molar-refractivity contribution < 1.29 is 23.1 Å². The van der Waals surface area contributed by atoms with Crippen LogP contribution in [0.25, 0.3) is 16.7 Å². The van der Waals surface area contributed by atoms with Gasteiger partial charge in [-0.25, -0.2) is 0 Å². The van der Waals surface area contributed by atoms with Gasteiger partial charge in [0.05, 0.1) is 0 Å². The first-order chi connectivity index (χ1) is 13.7. The quantitative estimate of drug-likeness (QED) is 0.685. The van der Waals surface area contributed by atoms with Crippen molar-refractivity contribution in [3.63, 3.8) is 0 Å². The fourth-order valence-electron chi connectivity index (χ4n) is 3.57. The van der Waals surface area contributed by atoms with Crippen LogP contribution in [0, 0.1) is 0 Å². The number of aliphatic hydroxyl groups is 1. The van der Waals surface area contributed by atoms with Gasteiger partial charge in [-0.15, -0.1) is 0 Å². The van der Waals surface area contributed by atoms with Crippen molar-refractivity contribution in [1.29, 1.82) is 0 Å². The molecular formula is C21H20F3N3O2. The molecule has 2 aromatic carbocycles. The number of halogens is 3. The fraction of sp³-hybridized carbons (Fsp3) is 0.238. The van der Waals surface area contributed by atoms with E-state index in [1.54, 1.807) is 13.0 Å². The molecule has 0 aliphatic heterocycles. The molecule has 2 aromatic rings. The van der Waals surface area contributed by atoms with Crippen molar-refractivity contribution in [2.24, 2.45) is 10.7 Å². The van der Waals surface area contributed by atoms with Gasteiger partial charge in [0.25, 0.3) is 5.91 Å². The number of nitrogens with zero attached hydrogens (tertiary/aromatic N) is 1. The summed E-state index contributed by atoms with van der Waals surface area (Å²) in [6, 6.07) is 8.33. The SMILES string of the molecule is CCN=CC(=CN)c1cc(C(=O)NC)c2c(c1)C(O)(C(F)(F)F)c1ccccc1-2. The summed E-state index contributed by atoms with van der Waals surface area (Å²) in [6.07, 6.45) is -2.38. The standard InChI is InChI=1S/C21H20F3N3O2/c1-3-27-11-13(10-25)12-8-15(19(28)26-2)18-14-6-4-5-7-16(14)20(29,17(18)9-12)21(22,23)24/h4-11,29H,3,25H2,1-2H3,(H,26,28). The van der Waals surface area contributed by atoms with Crippen LogP contribution in [0.3, 0.4) is 0 Å². The smallest absolute Gasteiger partial charge is 0.404 e. The number of hydrogen-bond donors (Lipinski definition) is 3. The second kappa shape index (κ2) is 7.36. The Morgan fingerprint density at radius 2 is 1.97 bits per heavy atom. The molecule has 0 spiro atoms. The molecule has 5 nitrogen and oxygen atoms in total. The van der Waals surface area contributed by atoms with E-state index in [1.165, 1.54) is 49.8 Å². The number of nitrogens with one attached hydrogen (secondary N) is 1. The highest BCUT2D eigenvalue weighted by atomic mass is 19.4. The van der Waals surface area contributed by atoms with Gasteiger partial charge in [0.15, 0.2) is 0 Å². The molecule has 29 heavy (non-hydrogen) atoms. The number of carbonyl (C=O) groups excluding carboxylic acids is 1. The van der Waals surface area contributed by atoms with E-state index < -0.39 is 23.2 Å². The molecule has 0 fully saturated rings. The molecule has 0 saturated heterocycles. The third-order valence-corrected chi connectivity index (χ3v) is 4.92. The predicted molar refractivity (Wildman–Crippen MR) is 106 cm³/mol. The number of benzene rings is 2. The Kier molecular flexibility index (Phi) is 5.23. The van der Waals surface area contributed by atoms with Crippen LogP contribution in [-0.4, -0.2) is 37.0 Å². The van der Waals surface area contributed by atoms with Gasteiger partial charge in [0.2, 0.25) is 5.60 Å². The van der Waals surface area contributed by atoms with E-state index in [2.05, 4.69) is 10.3 Å². The van der Waals surface area contributed by atoms with Crippen molar-refractivity contribution in [1.82, 2.24) is 5.32 Å². The Morgan fingerprint density at radius 3 is 2.55 bits per heavy atom. The minimum atomic E-state index is -5.00. The lowest BCUT2D eigenvalue weighted by atomic mass is 9.87. The fourth-order valence-corrected chi connectivity index (χ4v) is 3.57. The van der Waals surface area contributed by atoms with Crippen molar-refractivity contribution in [3.8, 4) is 11.1 Å². The molecule has 1 atom stereocenters. The number of rotatable bonds is 4. The maximum atomic E-state index is 14.1. The zero-order valence-electron chi connectivity index (χ0n) is 15.8. The van der Waals surface area contributed by atoms with Crippen LogP contribution >= 0.6 is 0 Å². The Labute approximate surface area is 165 Å². The van der Waals surface area contributed by atoms with E-state index in [-0.39, 0.29) is 27.8 Å². The monoisotopic (exact) mass is 403 g/mol. The average Bonchev–Trinajstić information content (AvgIpc) is 2.97. The summed E-state index contributed by atoms with van der Waals surface area (Å²) in [5.41, 5.74) is 2.47. The third kappa shape index (κ3) is 3.09. The third-order valence-electron chi connectivity index (χ3n) is 4.92. The summed E-state index contributed by atoms with van der Waals surface area (Å²) in [5.74, 6) is -0.576. The number of aliphatic imine (C=N–C) groups is 1. The molecule has 8 heteroatoms. The van der Waals surface area contributed by atoms with E-state index in [4.69, 9.17) is 5.73 Å². The molecule has 1 aliphatic carbocycles. The van der Waals surface area contributed by atoms with Crippen molar-refractivity contribution in [2.75, 3.05) is 13.6 Å². The zero-order valence-corrected chi connectivity index (χ0v) is 15.8. The first-order valence-corrected chi connectivity index (χ1v) is 8.92. The Bertz CT molecular complexity index is 1030. The van der Waals surface area contributed by atoms with Crippen LogP contribution in [-0.2, 0) is 5.60 Å². The Morgan fingerprint density at radius 1 is 1.28 bits per heavy atom. The lowest BCUT2D eigenvalue weighted by Crippen LogP contribution is -2.41. The molecule has 1 aliphatic rings. The van der Waals surface area contributed by atoms with Crippen LogP contribution in [0.2, 0.25) is 0 Å². The number of allylic oxidation sites excluding steroid dienone is 1. The maximum Gasteiger partial charge on any atom is 0.425 e. The van der Waals surface area contributed by atoms with Gasteiger partial charge >= 0.3 is 6.18 Å². The maximum absolute atomic E-state index is 14.1. The van der Waals surface area contributed by atoms with Gasteiger partial charge in [0.1, 0.15) is 0 Å². The summed E-state index contributed by atoms with van der Waals surface area (Å²) in [6.45, 7) is 2.24. The summed E-state index contributed by atoms with van der Waals surface area (Å²) in [5, 5.41) is 13.4. The van der Waals surface area contributed by atoms with Gasteiger partial charge in [-0.1, -0.05) is 24.3 Å². The zero-order chi connectivity index (χ0) is 21.4. The van der Waals surface area contributed by atoms with E-state index in [0.717, 1.165) is 0 Å². The van der Waals surface area contributed by atoms with Gasteiger partial charge < -0.3 is 16.2 Å². The molecule has 0 heterocycles. The van der Waals surface area contributed by atoms with E-state index in [0.29, 0.717) is 12.1 Å². The number of carbonyl (C=O) groups is 1. The summed E-state index contributed by atoms with van der Waals surface area (Å²) in [7, 11) is 1.39. The van der Waals surface area contributed by atoms with Gasteiger partial charge in [0, 0.05) is 53.8 Å². The first-order valence-electron chi connectivity index (χ1n) is 8.92. The van der Waals surface area contributed by atoms with E-state index >= 15 is 0 Å². The molecular weight excluding hydrogens is 383 g/mol. The molecule has 3 rings (SSSR count). The number of hydrogen-bond acceptors (Lipinski definition) is 4. The summed E-state index contributed by atoms with van der Waals surface area (Å²) >= 11 is 0. The van der Waals surface area contributed by atoms with Crippen molar-refractivity contribution in [2.45, 2.75) is 18.7 Å². The highest BCUT2D eigenvalue weighted by Crippen LogP contribution is 2.56. The van der Waals surface area contributed by atoms with Crippen molar-refractivity contribution >= 4 is 17.7 Å². The van der Waals surface area contributed by atoms with Gasteiger partial charge in [-0.3, -0.25) is 9.79 Å². The molecule has 1 amide bonds. The van der Waals surface area contributed by atoms with Crippen LogP contribution < -0.4 is 11.1 Å². The topological polar surface area (TPSA) is 87.7 Å². The average molecular weight is 403 g/mol. The Balaban J connectivity index is 2.43. The molecule has 0 radical (unpaired) electrons. The van der Waals surface area contributed by atoms with E-state index in [1.807, 2.05) is 0 Å². The summed E-state index contributed by atoms with van der Waals surface area (Å²) < 4.78 is 42.4. The minimum absolute atomic E-state index is 0.0110. The first kappa shape index (κ1) is 20.6. The molecule has 0 aromatic heterocycles. The van der Waals surface area contributed by atoms with E-state index in [9.17, 15) is 23.1 Å². The number of nitrogens with two attached hydrogens (primary N) is 1. The number of alkyl halides is 3. The largest absolute Gasteiger partial charge is 0.425 e. The summed E-state index contributed by atoms with van der Waals surface area (Å²) in [4.78, 5) is 16.6. The van der Waals surface area contributed by atoms with Crippen LogP contribution in [0.15, 0.2) is 47.6 Å². The second-order valence-electron chi connectivity index (χ2n) is 6.53. The minimum Gasteiger partial charge on any atom is -0.404 e. The van der Waals surface area contributed by atoms with Crippen LogP contribution in [0.1, 0.15) is 34.0 Å². The molecule has 0 saturated carbocycles. The molecule has 1 unspecified atom stereocenters. The molecule has 0 bridgehead atoms. The van der Waals surface area contributed by atoms with Gasteiger partial charge in [-0.2, -0.15) is 13.2 Å². The predicted octanol–water partition coefficient (Wildman–Crippen LogP) is 3.22. The normalized spacial score (nSPS) is 18.6. The van der Waals surface area contributed by atoms with Crippen molar-refractivity contribution in [3.05, 3.63) is 64.9 Å². The Hall–Kier alpha value is -3.13. The highest BCUT2D eigenvalue weighted by Gasteiger charge is 2.61. The highest BCUT2D eigenvalue weighted by molar-refractivity contribution is 6.12.